The van der Waals surface area contributed by atoms with Crippen molar-refractivity contribution in [3.8, 4) is 0 Å². The lowest BCUT2D eigenvalue weighted by atomic mass is 10.4. The molecule has 16 heavy (non-hydrogen) atoms. The van der Waals surface area contributed by atoms with E-state index in [1.54, 1.807) is 6.08 Å². The molecule has 2 rings (SSSR count). The van der Waals surface area contributed by atoms with Crippen molar-refractivity contribution in [1.29, 1.82) is 0 Å². The van der Waals surface area contributed by atoms with Crippen LogP contribution in [0, 0.1) is 5.92 Å². The molecule has 0 aliphatic heterocycles. The number of nitrogens with one attached hydrogen (secondary N) is 1. The van der Waals surface area contributed by atoms with Gasteiger partial charge in [-0.3, -0.25) is 4.79 Å². The molecule has 0 saturated heterocycles. The number of anilines is 1. The third-order valence-corrected chi connectivity index (χ3v) is 2.84. The molecular formula is C11H14ClN3O. The summed E-state index contributed by atoms with van der Waals surface area (Å²) >= 11 is 5.92. The Morgan fingerprint density at radius 1 is 1.69 bits per heavy atom. The summed E-state index contributed by atoms with van der Waals surface area (Å²) in [5.41, 5.74) is 0.262. The molecule has 0 amide bonds. The lowest BCUT2D eigenvalue weighted by Gasteiger charge is -2.08. The van der Waals surface area contributed by atoms with Gasteiger partial charge in [0.25, 0.3) is 5.56 Å². The molecule has 86 valence electrons. The van der Waals surface area contributed by atoms with Crippen molar-refractivity contribution >= 4 is 17.3 Å². The average Bonchev–Trinajstić information content (AvgIpc) is 3.06. The number of aromatic nitrogens is 2. The first-order valence-electron chi connectivity index (χ1n) is 5.32. The quantitative estimate of drug-likeness (QED) is 0.799. The van der Waals surface area contributed by atoms with Crippen LogP contribution in [0.2, 0.25) is 5.02 Å². The van der Waals surface area contributed by atoms with Crippen molar-refractivity contribution in [2.75, 3.05) is 11.9 Å². The molecule has 0 aromatic carbocycles. The molecule has 1 fully saturated rings. The highest BCUT2D eigenvalue weighted by Gasteiger charge is 2.23. The van der Waals surface area contributed by atoms with Crippen LogP contribution in [0.15, 0.2) is 23.6 Å². The Kier molecular flexibility index (Phi) is 3.29. The molecule has 1 aliphatic carbocycles. The van der Waals surface area contributed by atoms with Crippen molar-refractivity contribution in [1.82, 2.24) is 9.78 Å². The molecular weight excluding hydrogens is 226 g/mol. The maximum absolute atomic E-state index is 12.0. The Morgan fingerprint density at radius 2 is 2.44 bits per heavy atom. The fourth-order valence-electron chi connectivity index (χ4n) is 1.48. The molecule has 4 nitrogen and oxygen atoms in total. The third kappa shape index (κ3) is 2.44. The predicted octanol–water partition coefficient (Wildman–Crippen LogP) is 1.90. The van der Waals surface area contributed by atoms with E-state index in [-0.39, 0.29) is 5.56 Å². The highest BCUT2D eigenvalue weighted by atomic mass is 35.5. The second-order valence-corrected chi connectivity index (χ2v) is 4.37. The first-order chi connectivity index (χ1) is 7.72. The van der Waals surface area contributed by atoms with Gasteiger partial charge in [0.2, 0.25) is 0 Å². The Bertz CT molecular complexity index is 451. The molecule has 1 N–H and O–H groups in total. The SMILES string of the molecule is C=CCNc1c(Cl)cnn(CC2CC2)c1=O. The van der Waals surface area contributed by atoms with E-state index in [2.05, 4.69) is 17.0 Å². The van der Waals surface area contributed by atoms with Gasteiger partial charge < -0.3 is 5.32 Å². The van der Waals surface area contributed by atoms with E-state index in [1.165, 1.54) is 23.7 Å². The molecule has 1 aromatic heterocycles. The lowest BCUT2D eigenvalue weighted by Crippen LogP contribution is -2.26. The van der Waals surface area contributed by atoms with Crippen molar-refractivity contribution < 1.29 is 0 Å². The topological polar surface area (TPSA) is 46.9 Å². The van der Waals surface area contributed by atoms with Crippen LogP contribution in [0.5, 0.6) is 0 Å². The molecule has 5 heteroatoms. The maximum atomic E-state index is 12.0. The van der Waals surface area contributed by atoms with Gasteiger partial charge in [0.05, 0.1) is 11.2 Å². The van der Waals surface area contributed by atoms with Gasteiger partial charge in [0, 0.05) is 13.1 Å². The van der Waals surface area contributed by atoms with Gasteiger partial charge in [0.1, 0.15) is 5.69 Å². The monoisotopic (exact) mass is 239 g/mol. The Morgan fingerprint density at radius 3 is 3.06 bits per heavy atom. The van der Waals surface area contributed by atoms with Crippen LogP contribution >= 0.6 is 11.6 Å². The maximum Gasteiger partial charge on any atom is 0.291 e. The Labute approximate surface area is 98.9 Å². The highest BCUT2D eigenvalue weighted by Crippen LogP contribution is 2.30. The average molecular weight is 240 g/mol. The summed E-state index contributed by atoms with van der Waals surface area (Å²) in [6.07, 6.45) is 5.57. The first-order valence-corrected chi connectivity index (χ1v) is 5.70. The molecule has 1 heterocycles. The molecule has 0 bridgehead atoms. The van der Waals surface area contributed by atoms with E-state index in [9.17, 15) is 4.79 Å². The van der Waals surface area contributed by atoms with E-state index in [0.717, 1.165) is 0 Å². The second kappa shape index (κ2) is 4.70. The molecule has 0 spiro atoms. The molecule has 1 aliphatic rings. The van der Waals surface area contributed by atoms with E-state index in [0.29, 0.717) is 29.7 Å². The normalized spacial score (nSPS) is 14.8. The molecule has 1 aromatic rings. The lowest BCUT2D eigenvalue weighted by molar-refractivity contribution is 0.534. The first kappa shape index (κ1) is 11.2. The fraction of sp³-hybridized carbons (Fsp3) is 0.455. The predicted molar refractivity (Wildman–Crippen MR) is 64.9 cm³/mol. The second-order valence-electron chi connectivity index (χ2n) is 3.97. The summed E-state index contributed by atoms with van der Waals surface area (Å²) in [5.74, 6) is 0.610. The van der Waals surface area contributed by atoms with Gasteiger partial charge >= 0.3 is 0 Å². The number of hydrogen-bond acceptors (Lipinski definition) is 3. The van der Waals surface area contributed by atoms with Crippen LogP contribution in [-0.2, 0) is 6.54 Å². The summed E-state index contributed by atoms with van der Waals surface area (Å²) in [6.45, 7) is 4.80. The number of nitrogens with zero attached hydrogens (tertiary/aromatic N) is 2. The van der Waals surface area contributed by atoms with Crippen LogP contribution in [0.3, 0.4) is 0 Å². The van der Waals surface area contributed by atoms with Crippen molar-refractivity contribution in [2.24, 2.45) is 5.92 Å². The summed E-state index contributed by atoms with van der Waals surface area (Å²) < 4.78 is 1.48. The summed E-state index contributed by atoms with van der Waals surface area (Å²) in [7, 11) is 0. The van der Waals surface area contributed by atoms with Crippen molar-refractivity contribution in [3.05, 3.63) is 34.2 Å². The van der Waals surface area contributed by atoms with Crippen LogP contribution in [0.4, 0.5) is 5.69 Å². The number of hydrogen-bond donors (Lipinski definition) is 1. The van der Waals surface area contributed by atoms with Crippen LogP contribution in [0.1, 0.15) is 12.8 Å². The van der Waals surface area contributed by atoms with Crippen LogP contribution in [0.25, 0.3) is 0 Å². The highest BCUT2D eigenvalue weighted by molar-refractivity contribution is 6.32. The van der Waals surface area contributed by atoms with Gasteiger partial charge in [-0.05, 0) is 18.8 Å². The zero-order valence-corrected chi connectivity index (χ0v) is 9.70. The Balaban J connectivity index is 2.25. The zero-order valence-electron chi connectivity index (χ0n) is 8.95. The summed E-state index contributed by atoms with van der Waals surface area (Å²) in [6, 6.07) is 0. The van der Waals surface area contributed by atoms with Gasteiger partial charge in [-0.15, -0.1) is 6.58 Å². The van der Waals surface area contributed by atoms with Gasteiger partial charge in [-0.1, -0.05) is 17.7 Å². The Hall–Kier alpha value is -1.29. The minimum atomic E-state index is -0.152. The minimum absolute atomic E-state index is 0.152. The van der Waals surface area contributed by atoms with E-state index < -0.39 is 0 Å². The number of rotatable bonds is 5. The van der Waals surface area contributed by atoms with Gasteiger partial charge in [-0.25, -0.2) is 4.68 Å². The molecule has 0 radical (unpaired) electrons. The zero-order chi connectivity index (χ0) is 11.5. The van der Waals surface area contributed by atoms with Crippen molar-refractivity contribution in [3.63, 3.8) is 0 Å². The largest absolute Gasteiger partial charge is 0.376 e. The fourth-order valence-corrected chi connectivity index (χ4v) is 1.67. The van der Waals surface area contributed by atoms with Crippen LogP contribution in [-0.4, -0.2) is 16.3 Å². The number of halogens is 1. The van der Waals surface area contributed by atoms with Gasteiger partial charge in [-0.2, -0.15) is 5.10 Å². The third-order valence-electron chi connectivity index (χ3n) is 2.55. The summed E-state index contributed by atoms with van der Waals surface area (Å²) in [5, 5.41) is 7.33. The standard InChI is InChI=1S/C11H14ClN3O/c1-2-5-13-10-9(12)6-14-15(11(10)16)7-8-3-4-8/h2,6,8,13H,1,3-5,7H2. The van der Waals surface area contributed by atoms with E-state index in [1.807, 2.05) is 0 Å². The van der Waals surface area contributed by atoms with Crippen LogP contribution < -0.4 is 10.9 Å². The smallest absolute Gasteiger partial charge is 0.291 e. The van der Waals surface area contributed by atoms with Gasteiger partial charge in [0.15, 0.2) is 0 Å². The molecule has 1 saturated carbocycles. The van der Waals surface area contributed by atoms with Crippen molar-refractivity contribution in [2.45, 2.75) is 19.4 Å². The van der Waals surface area contributed by atoms with E-state index >= 15 is 0 Å². The summed E-state index contributed by atoms with van der Waals surface area (Å²) in [4.78, 5) is 12.0. The minimum Gasteiger partial charge on any atom is -0.376 e. The molecule has 0 atom stereocenters. The molecule has 0 unspecified atom stereocenters. The van der Waals surface area contributed by atoms with E-state index in [4.69, 9.17) is 11.6 Å².